The van der Waals surface area contributed by atoms with E-state index in [0.717, 1.165) is 37.3 Å². The Balaban J connectivity index is 1.83. The molecule has 19 heavy (non-hydrogen) atoms. The predicted octanol–water partition coefficient (Wildman–Crippen LogP) is 2.18. The number of nitrogens with one attached hydrogen (secondary N) is 1. The second-order valence-electron chi connectivity index (χ2n) is 4.79. The Morgan fingerprint density at radius 2 is 2.26 bits per heavy atom. The molecule has 0 fully saturated rings. The molecule has 3 rings (SSSR count). The monoisotopic (exact) mass is 256 g/mol. The lowest BCUT2D eigenvalue weighted by molar-refractivity contribution is 0.101. The molecule has 0 bridgehead atoms. The molecule has 1 aliphatic rings. The van der Waals surface area contributed by atoms with Crippen LogP contribution in [0.5, 0.6) is 0 Å². The second kappa shape index (κ2) is 4.84. The Bertz CT molecular complexity index is 618. The van der Waals surface area contributed by atoms with Gasteiger partial charge in [-0.1, -0.05) is 6.07 Å². The molecule has 0 atom stereocenters. The summed E-state index contributed by atoms with van der Waals surface area (Å²) in [4.78, 5) is 20.8. The molecule has 0 aromatic carbocycles. The van der Waals surface area contributed by atoms with Crippen molar-refractivity contribution in [3.8, 4) is 0 Å². The number of hydrogen-bond acceptors (Lipinski definition) is 3. The standard InChI is InChI=1S/C14H16N4O/c1-10-5-4-6-12(16-10)17-14(19)11-9-15-13-7-2-3-8-18(11)13/h4-6,9H,2-3,7-8H2,1H3,(H,16,17,19). The summed E-state index contributed by atoms with van der Waals surface area (Å²) in [6, 6.07) is 5.57. The highest BCUT2D eigenvalue weighted by Crippen LogP contribution is 2.17. The molecule has 0 spiro atoms. The highest BCUT2D eigenvalue weighted by molar-refractivity contribution is 6.02. The Morgan fingerprint density at radius 3 is 3.11 bits per heavy atom. The summed E-state index contributed by atoms with van der Waals surface area (Å²) in [5.74, 6) is 1.45. The van der Waals surface area contributed by atoms with Crippen LogP contribution < -0.4 is 5.32 Å². The van der Waals surface area contributed by atoms with Gasteiger partial charge in [-0.2, -0.15) is 0 Å². The average molecular weight is 256 g/mol. The number of aromatic nitrogens is 3. The van der Waals surface area contributed by atoms with Crippen molar-refractivity contribution in [2.75, 3.05) is 5.32 Å². The summed E-state index contributed by atoms with van der Waals surface area (Å²) < 4.78 is 2.01. The normalized spacial score (nSPS) is 13.9. The first-order valence-electron chi connectivity index (χ1n) is 6.53. The minimum absolute atomic E-state index is 0.140. The number of carbonyl (C=O) groups excluding carboxylic acids is 1. The molecule has 0 aliphatic carbocycles. The zero-order chi connectivity index (χ0) is 13.2. The molecule has 1 amide bonds. The fourth-order valence-electron chi connectivity index (χ4n) is 2.39. The van der Waals surface area contributed by atoms with E-state index in [9.17, 15) is 4.79 Å². The van der Waals surface area contributed by atoms with E-state index in [2.05, 4.69) is 15.3 Å². The number of imidazole rings is 1. The first-order valence-corrected chi connectivity index (χ1v) is 6.53. The molecule has 3 heterocycles. The maximum atomic E-state index is 12.2. The van der Waals surface area contributed by atoms with Gasteiger partial charge in [0, 0.05) is 18.7 Å². The Hall–Kier alpha value is -2.17. The summed E-state index contributed by atoms with van der Waals surface area (Å²) in [5, 5.41) is 2.82. The first kappa shape index (κ1) is 11.9. The number of carbonyl (C=O) groups is 1. The van der Waals surface area contributed by atoms with Crippen molar-refractivity contribution < 1.29 is 4.79 Å². The van der Waals surface area contributed by atoms with Crippen LogP contribution in [0.2, 0.25) is 0 Å². The maximum absolute atomic E-state index is 12.2. The Morgan fingerprint density at radius 1 is 1.37 bits per heavy atom. The fraction of sp³-hybridized carbons (Fsp3) is 0.357. The fourth-order valence-corrected chi connectivity index (χ4v) is 2.39. The third-order valence-corrected chi connectivity index (χ3v) is 3.33. The van der Waals surface area contributed by atoms with Crippen molar-refractivity contribution in [2.24, 2.45) is 0 Å². The van der Waals surface area contributed by atoms with E-state index >= 15 is 0 Å². The molecule has 1 N–H and O–H groups in total. The van der Waals surface area contributed by atoms with Gasteiger partial charge in [0.05, 0.1) is 6.20 Å². The van der Waals surface area contributed by atoms with E-state index in [1.807, 2.05) is 23.6 Å². The average Bonchev–Trinajstić information content (AvgIpc) is 2.82. The summed E-state index contributed by atoms with van der Waals surface area (Å²) in [7, 11) is 0. The SMILES string of the molecule is Cc1cccc(NC(=O)c2cnc3n2CCCC3)n1. The van der Waals surface area contributed by atoms with Crippen LogP contribution in [0.3, 0.4) is 0 Å². The lowest BCUT2D eigenvalue weighted by Crippen LogP contribution is -2.21. The number of hydrogen-bond donors (Lipinski definition) is 1. The van der Waals surface area contributed by atoms with E-state index in [0.29, 0.717) is 11.5 Å². The largest absolute Gasteiger partial charge is 0.324 e. The molecule has 5 nitrogen and oxygen atoms in total. The zero-order valence-electron chi connectivity index (χ0n) is 10.9. The molecular weight excluding hydrogens is 240 g/mol. The van der Waals surface area contributed by atoms with Crippen LogP contribution in [-0.2, 0) is 13.0 Å². The van der Waals surface area contributed by atoms with Crippen molar-refractivity contribution in [1.29, 1.82) is 0 Å². The van der Waals surface area contributed by atoms with Crippen LogP contribution >= 0.6 is 0 Å². The molecular formula is C14H16N4O. The van der Waals surface area contributed by atoms with E-state index in [4.69, 9.17) is 0 Å². The summed E-state index contributed by atoms with van der Waals surface area (Å²) in [6.07, 6.45) is 4.87. The van der Waals surface area contributed by atoms with E-state index in [1.165, 1.54) is 0 Å². The number of aryl methyl sites for hydroxylation is 2. The van der Waals surface area contributed by atoms with Gasteiger partial charge in [-0.25, -0.2) is 9.97 Å². The topological polar surface area (TPSA) is 59.8 Å². The third kappa shape index (κ3) is 2.36. The predicted molar refractivity (Wildman–Crippen MR) is 72.1 cm³/mol. The number of amides is 1. The number of nitrogens with zero attached hydrogens (tertiary/aromatic N) is 3. The van der Waals surface area contributed by atoms with Gasteiger partial charge >= 0.3 is 0 Å². The van der Waals surface area contributed by atoms with Crippen LogP contribution in [0.4, 0.5) is 5.82 Å². The molecule has 5 heteroatoms. The van der Waals surface area contributed by atoms with Gasteiger partial charge in [-0.15, -0.1) is 0 Å². The molecule has 98 valence electrons. The van der Waals surface area contributed by atoms with E-state index in [1.54, 1.807) is 12.3 Å². The quantitative estimate of drug-likeness (QED) is 0.895. The molecule has 0 saturated carbocycles. The van der Waals surface area contributed by atoms with E-state index in [-0.39, 0.29) is 5.91 Å². The molecule has 0 unspecified atom stereocenters. The molecule has 1 aliphatic heterocycles. The highest BCUT2D eigenvalue weighted by atomic mass is 16.2. The van der Waals surface area contributed by atoms with Crippen LogP contribution in [-0.4, -0.2) is 20.4 Å². The molecule has 0 saturated heterocycles. The summed E-state index contributed by atoms with van der Waals surface area (Å²) in [6.45, 7) is 2.77. The van der Waals surface area contributed by atoms with Gasteiger partial charge in [-0.3, -0.25) is 4.79 Å². The smallest absolute Gasteiger partial charge is 0.275 e. The van der Waals surface area contributed by atoms with Crippen LogP contribution in [0, 0.1) is 6.92 Å². The van der Waals surface area contributed by atoms with Crippen LogP contribution in [0.15, 0.2) is 24.4 Å². The second-order valence-corrected chi connectivity index (χ2v) is 4.79. The lowest BCUT2D eigenvalue weighted by atomic mass is 10.1. The van der Waals surface area contributed by atoms with Crippen molar-refractivity contribution in [3.05, 3.63) is 41.6 Å². The number of fused-ring (bicyclic) bond motifs is 1. The maximum Gasteiger partial charge on any atom is 0.275 e. The van der Waals surface area contributed by atoms with Crippen LogP contribution in [0.1, 0.15) is 34.8 Å². The first-order chi connectivity index (χ1) is 9.24. The number of pyridine rings is 1. The van der Waals surface area contributed by atoms with Gasteiger partial charge in [0.2, 0.25) is 0 Å². The molecule has 0 radical (unpaired) electrons. The molecule has 2 aromatic rings. The summed E-state index contributed by atoms with van der Waals surface area (Å²) in [5.41, 5.74) is 1.51. The van der Waals surface area contributed by atoms with E-state index < -0.39 is 0 Å². The van der Waals surface area contributed by atoms with Gasteiger partial charge in [0.15, 0.2) is 0 Å². The minimum atomic E-state index is -0.140. The lowest BCUT2D eigenvalue weighted by Gasteiger charge is -2.15. The third-order valence-electron chi connectivity index (χ3n) is 3.33. The molecule has 2 aromatic heterocycles. The van der Waals surface area contributed by atoms with Gasteiger partial charge < -0.3 is 9.88 Å². The van der Waals surface area contributed by atoms with Crippen molar-refractivity contribution in [3.63, 3.8) is 0 Å². The zero-order valence-corrected chi connectivity index (χ0v) is 10.9. The Kier molecular flexibility index (Phi) is 3.03. The summed E-state index contributed by atoms with van der Waals surface area (Å²) >= 11 is 0. The van der Waals surface area contributed by atoms with Gasteiger partial charge in [-0.05, 0) is 31.9 Å². The minimum Gasteiger partial charge on any atom is -0.324 e. The number of anilines is 1. The van der Waals surface area contributed by atoms with Crippen molar-refractivity contribution >= 4 is 11.7 Å². The highest BCUT2D eigenvalue weighted by Gasteiger charge is 2.19. The number of rotatable bonds is 2. The van der Waals surface area contributed by atoms with Crippen LogP contribution in [0.25, 0.3) is 0 Å². The Labute approximate surface area is 111 Å². The van der Waals surface area contributed by atoms with Gasteiger partial charge in [0.25, 0.3) is 5.91 Å². The van der Waals surface area contributed by atoms with Crippen molar-refractivity contribution in [1.82, 2.24) is 14.5 Å². The van der Waals surface area contributed by atoms with Gasteiger partial charge in [0.1, 0.15) is 17.3 Å². The van der Waals surface area contributed by atoms with Crippen molar-refractivity contribution in [2.45, 2.75) is 32.7 Å².